The molecule has 27 heavy (non-hydrogen) atoms. The molecule has 0 radical (unpaired) electrons. The van der Waals surface area contributed by atoms with Crippen LogP contribution in [0.15, 0.2) is 54.6 Å². The molecular weight excluding hydrogens is 334 g/mol. The molecule has 144 valence electrons. The van der Waals surface area contributed by atoms with E-state index in [0.29, 0.717) is 0 Å². The van der Waals surface area contributed by atoms with E-state index < -0.39 is 0 Å². The summed E-state index contributed by atoms with van der Waals surface area (Å²) in [6.45, 7) is 6.48. The highest BCUT2D eigenvalue weighted by atomic mass is 16.2. The lowest BCUT2D eigenvalue weighted by Gasteiger charge is -2.26. The van der Waals surface area contributed by atoms with E-state index in [1.165, 1.54) is 31.5 Å². The van der Waals surface area contributed by atoms with E-state index in [1.54, 1.807) is 0 Å². The zero-order chi connectivity index (χ0) is 19.1. The van der Waals surface area contributed by atoms with Gasteiger partial charge in [0.2, 0.25) is 5.91 Å². The molecule has 0 spiro atoms. The topological polar surface area (TPSA) is 35.6 Å². The minimum Gasteiger partial charge on any atom is -0.324 e. The molecule has 1 fully saturated rings. The standard InChI is InChI=1S/C23H31N3O/c1-3-25(2)22(20-9-5-4-6-10-20)23(27)24-21-13-11-19(12-14-21)15-18-26-16-7-8-17-26/h4-6,9-14,22H,3,7-8,15-18H2,1-2H3,(H,24,27). The molecule has 1 saturated heterocycles. The number of carbonyl (C=O) groups excluding carboxylic acids is 1. The summed E-state index contributed by atoms with van der Waals surface area (Å²) in [7, 11) is 1.98. The van der Waals surface area contributed by atoms with Crippen molar-refractivity contribution in [2.45, 2.75) is 32.2 Å². The molecule has 3 rings (SSSR count). The molecule has 1 N–H and O–H groups in total. The largest absolute Gasteiger partial charge is 0.324 e. The molecule has 0 bridgehead atoms. The minimum atomic E-state index is -0.286. The quantitative estimate of drug-likeness (QED) is 0.769. The highest BCUT2D eigenvalue weighted by molar-refractivity contribution is 5.95. The van der Waals surface area contributed by atoms with Crippen LogP contribution in [0.25, 0.3) is 0 Å². The molecule has 2 aromatic rings. The zero-order valence-electron chi connectivity index (χ0n) is 16.5. The summed E-state index contributed by atoms with van der Waals surface area (Å²) < 4.78 is 0. The fraction of sp³-hybridized carbons (Fsp3) is 0.435. The summed E-state index contributed by atoms with van der Waals surface area (Å²) in [6, 6.07) is 18.0. The van der Waals surface area contributed by atoms with Crippen LogP contribution < -0.4 is 5.32 Å². The molecule has 1 heterocycles. The summed E-state index contributed by atoms with van der Waals surface area (Å²) in [6.07, 6.45) is 3.74. The van der Waals surface area contributed by atoms with Gasteiger partial charge in [0.15, 0.2) is 0 Å². The third kappa shape index (κ3) is 5.41. The van der Waals surface area contributed by atoms with Crippen LogP contribution in [0.4, 0.5) is 5.69 Å². The number of nitrogens with one attached hydrogen (secondary N) is 1. The Morgan fingerprint density at radius 1 is 1.07 bits per heavy atom. The average Bonchev–Trinajstić information content (AvgIpc) is 3.22. The van der Waals surface area contributed by atoms with E-state index in [-0.39, 0.29) is 11.9 Å². The normalized spacial score (nSPS) is 15.8. The molecular formula is C23H31N3O. The van der Waals surface area contributed by atoms with Gasteiger partial charge in [0.25, 0.3) is 0 Å². The SMILES string of the molecule is CCN(C)C(C(=O)Nc1ccc(CCN2CCCC2)cc1)c1ccccc1. The highest BCUT2D eigenvalue weighted by Gasteiger charge is 2.24. The van der Waals surface area contributed by atoms with Crippen LogP contribution in [0.3, 0.4) is 0 Å². The van der Waals surface area contributed by atoms with E-state index in [0.717, 1.165) is 30.8 Å². The molecule has 4 heteroatoms. The molecule has 1 aliphatic rings. The number of anilines is 1. The first kappa shape index (κ1) is 19.6. The highest BCUT2D eigenvalue weighted by Crippen LogP contribution is 2.22. The fourth-order valence-corrected chi connectivity index (χ4v) is 3.68. The third-order valence-electron chi connectivity index (χ3n) is 5.44. The van der Waals surface area contributed by atoms with Crippen molar-refractivity contribution in [2.24, 2.45) is 0 Å². The number of likely N-dealkylation sites (N-methyl/N-ethyl adjacent to an activating group) is 1. The second-order valence-corrected chi connectivity index (χ2v) is 7.37. The molecule has 0 aromatic heterocycles. The van der Waals surface area contributed by atoms with Crippen molar-refractivity contribution < 1.29 is 4.79 Å². The Morgan fingerprint density at radius 2 is 1.74 bits per heavy atom. The van der Waals surface area contributed by atoms with Gasteiger partial charge in [-0.05, 0) is 69.2 Å². The minimum absolute atomic E-state index is 0.00960. The first-order chi connectivity index (χ1) is 13.2. The Kier molecular flexibility index (Phi) is 7.02. The number of likely N-dealkylation sites (tertiary alicyclic amines) is 1. The number of hydrogen-bond acceptors (Lipinski definition) is 3. The van der Waals surface area contributed by atoms with Gasteiger partial charge in [0.1, 0.15) is 6.04 Å². The van der Waals surface area contributed by atoms with Crippen molar-refractivity contribution >= 4 is 11.6 Å². The monoisotopic (exact) mass is 365 g/mol. The molecule has 1 amide bonds. The van der Waals surface area contributed by atoms with Gasteiger partial charge in [0.05, 0.1) is 0 Å². The average molecular weight is 366 g/mol. The summed E-state index contributed by atoms with van der Waals surface area (Å²) in [5, 5.41) is 3.09. The van der Waals surface area contributed by atoms with Gasteiger partial charge in [-0.15, -0.1) is 0 Å². The number of amides is 1. The summed E-state index contributed by atoms with van der Waals surface area (Å²) in [5.41, 5.74) is 3.20. The maximum absolute atomic E-state index is 12.9. The number of hydrogen-bond donors (Lipinski definition) is 1. The van der Waals surface area contributed by atoms with Crippen LogP contribution >= 0.6 is 0 Å². The van der Waals surface area contributed by atoms with Crippen molar-refractivity contribution in [3.8, 4) is 0 Å². The number of nitrogens with zero attached hydrogens (tertiary/aromatic N) is 2. The maximum Gasteiger partial charge on any atom is 0.246 e. The molecule has 2 aromatic carbocycles. The van der Waals surface area contributed by atoms with Crippen LogP contribution in [0.2, 0.25) is 0 Å². The van der Waals surface area contributed by atoms with Gasteiger partial charge in [-0.25, -0.2) is 0 Å². The van der Waals surface area contributed by atoms with Gasteiger partial charge in [-0.2, -0.15) is 0 Å². The van der Waals surface area contributed by atoms with Crippen LogP contribution in [0.1, 0.15) is 36.9 Å². The second kappa shape index (κ2) is 9.67. The van der Waals surface area contributed by atoms with E-state index >= 15 is 0 Å². The molecule has 0 saturated carbocycles. The molecule has 1 aliphatic heterocycles. The lowest BCUT2D eigenvalue weighted by molar-refractivity contribution is -0.121. The Balaban J connectivity index is 1.61. The Hall–Kier alpha value is -2.17. The first-order valence-corrected chi connectivity index (χ1v) is 10.0. The summed E-state index contributed by atoms with van der Waals surface area (Å²) >= 11 is 0. The van der Waals surface area contributed by atoms with Gasteiger partial charge >= 0.3 is 0 Å². The smallest absolute Gasteiger partial charge is 0.246 e. The Morgan fingerprint density at radius 3 is 2.37 bits per heavy atom. The van der Waals surface area contributed by atoms with E-state index in [2.05, 4.69) is 34.2 Å². The lowest BCUT2D eigenvalue weighted by Crippen LogP contribution is -2.34. The predicted molar refractivity (Wildman–Crippen MR) is 112 cm³/mol. The molecule has 1 atom stereocenters. The predicted octanol–water partition coefficient (Wildman–Crippen LogP) is 3.96. The van der Waals surface area contributed by atoms with Crippen LogP contribution in [0, 0.1) is 0 Å². The lowest BCUT2D eigenvalue weighted by atomic mass is 10.0. The van der Waals surface area contributed by atoms with Crippen LogP contribution in [-0.2, 0) is 11.2 Å². The first-order valence-electron chi connectivity index (χ1n) is 10.0. The third-order valence-corrected chi connectivity index (χ3v) is 5.44. The molecule has 0 aliphatic carbocycles. The van der Waals surface area contributed by atoms with E-state index in [1.807, 2.05) is 49.5 Å². The summed E-state index contributed by atoms with van der Waals surface area (Å²) in [4.78, 5) is 17.5. The number of benzene rings is 2. The van der Waals surface area contributed by atoms with Crippen molar-refractivity contribution in [3.05, 3.63) is 65.7 Å². The van der Waals surface area contributed by atoms with Crippen molar-refractivity contribution in [1.29, 1.82) is 0 Å². The van der Waals surface area contributed by atoms with E-state index in [9.17, 15) is 4.79 Å². The van der Waals surface area contributed by atoms with Crippen molar-refractivity contribution in [1.82, 2.24) is 9.80 Å². The van der Waals surface area contributed by atoms with Crippen LogP contribution in [0.5, 0.6) is 0 Å². The zero-order valence-corrected chi connectivity index (χ0v) is 16.5. The van der Waals surface area contributed by atoms with Gasteiger partial charge in [0, 0.05) is 12.2 Å². The van der Waals surface area contributed by atoms with E-state index in [4.69, 9.17) is 0 Å². The van der Waals surface area contributed by atoms with Gasteiger partial charge in [-0.1, -0.05) is 49.4 Å². The fourth-order valence-electron chi connectivity index (χ4n) is 3.68. The van der Waals surface area contributed by atoms with Crippen LogP contribution in [-0.4, -0.2) is 48.9 Å². The summed E-state index contributed by atoms with van der Waals surface area (Å²) in [5.74, 6) is 0.00960. The van der Waals surface area contributed by atoms with Gasteiger partial charge in [-0.3, -0.25) is 9.69 Å². The second-order valence-electron chi connectivity index (χ2n) is 7.37. The van der Waals surface area contributed by atoms with Gasteiger partial charge < -0.3 is 10.2 Å². The maximum atomic E-state index is 12.9. The van der Waals surface area contributed by atoms with Crippen molar-refractivity contribution in [2.75, 3.05) is 38.5 Å². The number of carbonyl (C=O) groups is 1. The molecule has 4 nitrogen and oxygen atoms in total. The van der Waals surface area contributed by atoms with Crippen molar-refractivity contribution in [3.63, 3.8) is 0 Å². The Labute approximate surface area is 163 Å². The molecule has 1 unspecified atom stereocenters. The Bertz CT molecular complexity index is 708. The number of rotatable bonds is 8.